The number of rotatable bonds is 7. The van der Waals surface area contributed by atoms with Crippen LogP contribution in [0.25, 0.3) is 0 Å². The van der Waals surface area contributed by atoms with Crippen LogP contribution in [0.2, 0.25) is 5.02 Å². The van der Waals surface area contributed by atoms with Crippen LogP contribution in [0.15, 0.2) is 48.5 Å². The van der Waals surface area contributed by atoms with E-state index >= 15 is 0 Å². The third-order valence-electron chi connectivity index (χ3n) is 5.58. The lowest BCUT2D eigenvalue weighted by Gasteiger charge is -2.33. The van der Waals surface area contributed by atoms with Crippen molar-refractivity contribution in [1.29, 1.82) is 0 Å². The maximum absolute atomic E-state index is 12.6. The molecule has 1 heterocycles. The first kappa shape index (κ1) is 23.4. The van der Waals surface area contributed by atoms with Crippen LogP contribution in [0, 0.1) is 5.92 Å². The van der Waals surface area contributed by atoms with E-state index < -0.39 is 10.0 Å². The highest BCUT2D eigenvalue weighted by Crippen LogP contribution is 2.25. The van der Waals surface area contributed by atoms with Gasteiger partial charge in [0.1, 0.15) is 6.54 Å². The van der Waals surface area contributed by atoms with Gasteiger partial charge in [0, 0.05) is 23.8 Å². The smallest absolute Gasteiger partial charge is 0.241 e. The topological polar surface area (TPSA) is 69.7 Å². The van der Waals surface area contributed by atoms with Gasteiger partial charge in [-0.25, -0.2) is 8.42 Å². The van der Waals surface area contributed by atoms with Crippen molar-refractivity contribution < 1.29 is 13.2 Å². The van der Waals surface area contributed by atoms with Crippen molar-refractivity contribution in [3.63, 3.8) is 0 Å². The third kappa shape index (κ3) is 6.37. The van der Waals surface area contributed by atoms with Crippen molar-refractivity contribution in [2.24, 2.45) is 5.92 Å². The minimum Gasteiger partial charge on any atom is -0.371 e. The van der Waals surface area contributed by atoms with Gasteiger partial charge >= 0.3 is 0 Å². The van der Waals surface area contributed by atoms with Gasteiger partial charge in [-0.05, 0) is 61.6 Å². The van der Waals surface area contributed by atoms with Gasteiger partial charge in [-0.15, -0.1) is 0 Å². The van der Waals surface area contributed by atoms with Crippen LogP contribution in [0.4, 0.5) is 11.4 Å². The molecule has 0 spiro atoms. The minimum absolute atomic E-state index is 0.248. The number of hydrogen-bond donors (Lipinski definition) is 1. The Morgan fingerprint density at radius 2 is 1.97 bits per heavy atom. The van der Waals surface area contributed by atoms with Crippen LogP contribution in [0.5, 0.6) is 0 Å². The first-order chi connectivity index (χ1) is 14.6. The summed E-state index contributed by atoms with van der Waals surface area (Å²) in [6, 6.07) is 14.4. The van der Waals surface area contributed by atoms with Crippen molar-refractivity contribution in [2.45, 2.75) is 32.7 Å². The molecule has 2 unspecified atom stereocenters. The average Bonchev–Trinajstić information content (AvgIpc) is 2.71. The summed E-state index contributed by atoms with van der Waals surface area (Å²) in [4.78, 5) is 15.0. The van der Waals surface area contributed by atoms with Crippen LogP contribution < -0.4 is 14.5 Å². The van der Waals surface area contributed by atoms with Gasteiger partial charge in [0.05, 0.1) is 18.0 Å². The van der Waals surface area contributed by atoms with E-state index in [4.69, 9.17) is 11.6 Å². The maximum atomic E-state index is 12.6. The predicted molar refractivity (Wildman–Crippen MR) is 127 cm³/mol. The van der Waals surface area contributed by atoms with E-state index in [0.717, 1.165) is 29.2 Å². The number of amides is 1. The molecule has 1 aliphatic heterocycles. The Morgan fingerprint density at radius 3 is 2.58 bits per heavy atom. The molecule has 1 saturated heterocycles. The second kappa shape index (κ2) is 9.92. The molecule has 31 heavy (non-hydrogen) atoms. The number of carbonyl (C=O) groups is 1. The molecule has 0 aromatic heterocycles. The lowest BCUT2D eigenvalue weighted by atomic mass is 9.99. The lowest BCUT2D eigenvalue weighted by molar-refractivity contribution is -0.120. The summed E-state index contributed by atoms with van der Waals surface area (Å²) in [5.41, 5.74) is 2.52. The Bertz CT molecular complexity index is 1010. The number of halogens is 1. The third-order valence-corrected chi connectivity index (χ3v) is 6.95. The fourth-order valence-corrected chi connectivity index (χ4v) is 4.96. The Balaban J connectivity index is 1.65. The SMILES string of the molecule is CC1CCCN(c2ccc(C(C)NC(=O)CN(c3cccc(Cl)c3)S(C)(=O)=O)cc2)C1. The number of hydrogen-bond acceptors (Lipinski definition) is 4. The maximum Gasteiger partial charge on any atom is 0.241 e. The molecule has 3 rings (SSSR count). The summed E-state index contributed by atoms with van der Waals surface area (Å²) in [5.74, 6) is 0.316. The molecule has 0 bridgehead atoms. The molecule has 2 atom stereocenters. The van der Waals surface area contributed by atoms with Crippen molar-refractivity contribution in [3.8, 4) is 0 Å². The highest BCUT2D eigenvalue weighted by molar-refractivity contribution is 7.92. The first-order valence-corrected chi connectivity index (χ1v) is 12.7. The fraction of sp³-hybridized carbons (Fsp3) is 0.435. The normalized spacial score (nSPS) is 17.8. The van der Waals surface area contributed by atoms with Gasteiger partial charge in [-0.2, -0.15) is 0 Å². The molecule has 0 saturated carbocycles. The van der Waals surface area contributed by atoms with Crippen LogP contribution in [-0.2, 0) is 14.8 Å². The van der Waals surface area contributed by atoms with Gasteiger partial charge in [-0.3, -0.25) is 9.10 Å². The molecule has 2 aromatic carbocycles. The number of carbonyl (C=O) groups excluding carboxylic acids is 1. The van der Waals surface area contributed by atoms with Gasteiger partial charge in [-0.1, -0.05) is 36.7 Å². The summed E-state index contributed by atoms with van der Waals surface area (Å²) >= 11 is 5.99. The van der Waals surface area contributed by atoms with Gasteiger partial charge in [0.25, 0.3) is 0 Å². The molecule has 1 aliphatic rings. The minimum atomic E-state index is -3.64. The van der Waals surface area contributed by atoms with Gasteiger partial charge in [0.15, 0.2) is 0 Å². The van der Waals surface area contributed by atoms with E-state index in [1.165, 1.54) is 24.6 Å². The quantitative estimate of drug-likeness (QED) is 0.667. The Labute approximate surface area is 190 Å². The van der Waals surface area contributed by atoms with Crippen LogP contribution in [0.3, 0.4) is 0 Å². The zero-order valence-corrected chi connectivity index (χ0v) is 19.8. The van der Waals surface area contributed by atoms with E-state index in [9.17, 15) is 13.2 Å². The lowest BCUT2D eigenvalue weighted by Crippen LogP contribution is -2.41. The molecule has 1 amide bonds. The van der Waals surface area contributed by atoms with Crippen molar-refractivity contribution in [1.82, 2.24) is 5.32 Å². The number of nitrogens with zero attached hydrogens (tertiary/aromatic N) is 2. The zero-order valence-electron chi connectivity index (χ0n) is 18.2. The Kier molecular flexibility index (Phi) is 7.49. The van der Waals surface area contributed by atoms with E-state index in [0.29, 0.717) is 16.6 Å². The van der Waals surface area contributed by atoms with E-state index in [-0.39, 0.29) is 18.5 Å². The average molecular weight is 464 g/mol. The fourth-order valence-electron chi connectivity index (χ4n) is 3.93. The Morgan fingerprint density at radius 1 is 1.26 bits per heavy atom. The molecular formula is C23H30ClN3O3S. The second-order valence-corrected chi connectivity index (χ2v) is 10.7. The summed E-state index contributed by atoms with van der Waals surface area (Å²) < 4.78 is 25.5. The summed E-state index contributed by atoms with van der Waals surface area (Å²) in [6.45, 7) is 5.99. The zero-order chi connectivity index (χ0) is 22.6. The molecule has 2 aromatic rings. The van der Waals surface area contributed by atoms with Crippen molar-refractivity contribution in [3.05, 3.63) is 59.1 Å². The van der Waals surface area contributed by atoms with Gasteiger partial charge in [0.2, 0.25) is 15.9 Å². The van der Waals surface area contributed by atoms with E-state index in [1.807, 2.05) is 19.1 Å². The molecule has 0 aliphatic carbocycles. The molecule has 168 valence electrons. The molecule has 8 heteroatoms. The number of nitrogens with one attached hydrogen (secondary N) is 1. The monoisotopic (exact) mass is 463 g/mol. The summed E-state index contributed by atoms with van der Waals surface area (Å²) in [7, 11) is -3.64. The van der Waals surface area contributed by atoms with Crippen molar-refractivity contribution >= 4 is 38.9 Å². The highest BCUT2D eigenvalue weighted by atomic mass is 35.5. The standard InChI is InChI=1S/C23H30ClN3O3S/c1-17-6-5-13-26(15-17)21-11-9-19(10-12-21)18(2)25-23(28)16-27(31(3,29)30)22-8-4-7-20(24)14-22/h4,7-12,14,17-18H,5-6,13,15-16H2,1-3H3,(H,25,28). The van der Waals surface area contributed by atoms with E-state index in [2.05, 4.69) is 29.3 Å². The first-order valence-electron chi connectivity index (χ1n) is 10.5. The molecule has 6 nitrogen and oxygen atoms in total. The number of benzene rings is 2. The number of piperidine rings is 1. The van der Waals surface area contributed by atoms with Crippen LogP contribution in [0.1, 0.15) is 38.3 Å². The van der Waals surface area contributed by atoms with Gasteiger partial charge < -0.3 is 10.2 Å². The number of sulfonamides is 1. The predicted octanol–water partition coefficient (Wildman–Crippen LogP) is 4.22. The highest BCUT2D eigenvalue weighted by Gasteiger charge is 2.22. The van der Waals surface area contributed by atoms with Crippen molar-refractivity contribution in [2.75, 3.05) is 35.1 Å². The Hall–Kier alpha value is -2.25. The van der Waals surface area contributed by atoms with Crippen LogP contribution >= 0.6 is 11.6 Å². The largest absolute Gasteiger partial charge is 0.371 e. The van der Waals surface area contributed by atoms with E-state index in [1.54, 1.807) is 18.2 Å². The molecule has 0 radical (unpaired) electrons. The molecular weight excluding hydrogens is 434 g/mol. The van der Waals surface area contributed by atoms with Crippen LogP contribution in [-0.4, -0.2) is 40.2 Å². The second-order valence-electron chi connectivity index (χ2n) is 8.32. The summed E-state index contributed by atoms with van der Waals surface area (Å²) in [6.07, 6.45) is 3.56. The number of anilines is 2. The molecule has 1 fully saturated rings. The summed E-state index contributed by atoms with van der Waals surface area (Å²) in [5, 5.41) is 3.30. The molecule has 1 N–H and O–H groups in total.